The first-order valence-corrected chi connectivity index (χ1v) is 8.08. The molecule has 0 atom stereocenters. The molecule has 0 saturated carbocycles. The van der Waals surface area contributed by atoms with Crippen LogP contribution in [-0.2, 0) is 6.54 Å². The molecule has 0 unspecified atom stereocenters. The van der Waals surface area contributed by atoms with Crippen molar-refractivity contribution in [1.82, 2.24) is 15.0 Å². The van der Waals surface area contributed by atoms with Crippen molar-refractivity contribution >= 4 is 40.6 Å². The lowest BCUT2D eigenvalue weighted by Crippen LogP contribution is -2.14. The molecule has 0 radical (unpaired) electrons. The molecule has 0 bridgehead atoms. The minimum absolute atomic E-state index is 0.186. The zero-order chi connectivity index (χ0) is 17.6. The average Bonchev–Trinajstić information content (AvgIpc) is 2.60. The number of benzene rings is 1. The average molecular weight is 374 g/mol. The van der Waals surface area contributed by atoms with Crippen molar-refractivity contribution in [2.45, 2.75) is 6.54 Å². The molecule has 1 aromatic carbocycles. The Morgan fingerprint density at radius 2 is 1.72 bits per heavy atom. The van der Waals surface area contributed by atoms with E-state index in [1.54, 1.807) is 30.6 Å². The molecule has 0 spiro atoms. The Morgan fingerprint density at radius 1 is 1.00 bits per heavy atom. The number of amides is 1. The summed E-state index contributed by atoms with van der Waals surface area (Å²) in [5.74, 6) is 0.172. The largest absolute Gasteiger partial charge is 0.365 e. The number of hydrogen-bond acceptors (Lipinski definition) is 5. The Morgan fingerprint density at radius 3 is 2.36 bits per heavy atom. The van der Waals surface area contributed by atoms with Crippen molar-refractivity contribution in [3.8, 4) is 0 Å². The van der Waals surface area contributed by atoms with Crippen LogP contribution in [0.25, 0.3) is 0 Å². The number of carbonyl (C=O) groups excluding carboxylic acids is 1. The van der Waals surface area contributed by atoms with Gasteiger partial charge in [-0.25, -0.2) is 9.97 Å². The summed E-state index contributed by atoms with van der Waals surface area (Å²) in [4.78, 5) is 24.5. The van der Waals surface area contributed by atoms with Crippen molar-refractivity contribution in [3.63, 3.8) is 0 Å². The maximum absolute atomic E-state index is 12.2. The summed E-state index contributed by atoms with van der Waals surface area (Å²) in [7, 11) is 0. The van der Waals surface area contributed by atoms with E-state index in [2.05, 4.69) is 25.6 Å². The van der Waals surface area contributed by atoms with Gasteiger partial charge in [-0.2, -0.15) is 0 Å². The van der Waals surface area contributed by atoms with Crippen LogP contribution < -0.4 is 10.6 Å². The van der Waals surface area contributed by atoms with Crippen LogP contribution in [0.1, 0.15) is 16.1 Å². The van der Waals surface area contributed by atoms with Gasteiger partial charge in [0.25, 0.3) is 5.91 Å². The lowest BCUT2D eigenvalue weighted by Gasteiger charge is -2.07. The predicted molar refractivity (Wildman–Crippen MR) is 98.0 cm³/mol. The number of rotatable bonds is 5. The molecule has 1 amide bonds. The third kappa shape index (κ3) is 4.89. The maximum Gasteiger partial charge on any atom is 0.275 e. The number of halogens is 2. The van der Waals surface area contributed by atoms with Gasteiger partial charge >= 0.3 is 0 Å². The number of hydrogen-bond donors (Lipinski definition) is 2. The van der Waals surface area contributed by atoms with Crippen molar-refractivity contribution in [3.05, 3.63) is 76.4 Å². The number of nitrogens with one attached hydrogen (secondary N) is 2. The Kier molecular flexibility index (Phi) is 5.42. The van der Waals surface area contributed by atoms with Gasteiger partial charge in [-0.05, 0) is 35.9 Å². The summed E-state index contributed by atoms with van der Waals surface area (Å²) < 4.78 is 0. The lowest BCUT2D eigenvalue weighted by molar-refractivity contribution is 0.102. The van der Waals surface area contributed by atoms with Gasteiger partial charge in [0, 0.05) is 34.7 Å². The molecule has 2 heterocycles. The highest BCUT2D eigenvalue weighted by molar-refractivity contribution is 6.35. The molecule has 126 valence electrons. The number of nitrogens with zero attached hydrogens (tertiary/aromatic N) is 3. The van der Waals surface area contributed by atoms with E-state index < -0.39 is 5.91 Å². The molecule has 0 fully saturated rings. The van der Waals surface area contributed by atoms with Crippen LogP contribution in [0, 0.1) is 0 Å². The summed E-state index contributed by atoms with van der Waals surface area (Å²) >= 11 is 11.8. The van der Waals surface area contributed by atoms with Crippen molar-refractivity contribution in [1.29, 1.82) is 0 Å². The van der Waals surface area contributed by atoms with Gasteiger partial charge in [-0.3, -0.25) is 9.78 Å². The van der Waals surface area contributed by atoms with Crippen molar-refractivity contribution in [2.75, 3.05) is 10.6 Å². The van der Waals surface area contributed by atoms with Gasteiger partial charge in [-0.15, -0.1) is 0 Å². The molecule has 2 N–H and O–H groups in total. The predicted octanol–water partition coefficient (Wildman–Crippen LogP) is 4.04. The fourth-order valence-corrected chi connectivity index (χ4v) is 2.58. The molecule has 0 saturated heterocycles. The molecule has 8 heteroatoms. The fourth-order valence-electron chi connectivity index (χ4n) is 2.05. The van der Waals surface area contributed by atoms with Gasteiger partial charge in [0.15, 0.2) is 0 Å². The number of anilines is 2. The van der Waals surface area contributed by atoms with Crippen LogP contribution in [-0.4, -0.2) is 20.9 Å². The van der Waals surface area contributed by atoms with Gasteiger partial charge in [-0.1, -0.05) is 23.2 Å². The van der Waals surface area contributed by atoms with E-state index in [1.807, 2.05) is 12.1 Å². The molecule has 3 rings (SSSR count). The van der Waals surface area contributed by atoms with Crippen LogP contribution in [0.3, 0.4) is 0 Å². The van der Waals surface area contributed by atoms with Gasteiger partial charge in [0.05, 0.1) is 12.4 Å². The normalized spacial score (nSPS) is 10.3. The molecule has 3 aromatic rings. The maximum atomic E-state index is 12.2. The summed E-state index contributed by atoms with van der Waals surface area (Å²) in [5, 5.41) is 6.67. The van der Waals surface area contributed by atoms with Crippen LogP contribution >= 0.6 is 23.2 Å². The first-order valence-electron chi connectivity index (χ1n) is 7.32. The fraction of sp³-hybridized carbons (Fsp3) is 0.0588. The third-order valence-corrected chi connectivity index (χ3v) is 3.66. The lowest BCUT2D eigenvalue weighted by atomic mass is 10.3. The summed E-state index contributed by atoms with van der Waals surface area (Å²) in [6.45, 7) is 0.587. The second kappa shape index (κ2) is 7.92. The standard InChI is InChI=1S/C17H13Cl2N5O/c18-12-5-13(19)7-14(6-12)24-17(25)15-9-23-16(10-21-15)22-8-11-1-3-20-4-2-11/h1-7,9-10H,8H2,(H,22,23)(H,24,25). The van der Waals surface area contributed by atoms with E-state index in [1.165, 1.54) is 12.4 Å². The zero-order valence-electron chi connectivity index (χ0n) is 12.9. The zero-order valence-corrected chi connectivity index (χ0v) is 14.4. The number of carbonyl (C=O) groups is 1. The van der Waals surface area contributed by atoms with Crippen LogP contribution in [0.5, 0.6) is 0 Å². The molecule has 0 aliphatic rings. The van der Waals surface area contributed by atoms with E-state index in [-0.39, 0.29) is 5.69 Å². The van der Waals surface area contributed by atoms with Gasteiger partial charge < -0.3 is 10.6 Å². The Labute approximate surface area is 154 Å². The molecular weight excluding hydrogens is 361 g/mol. The summed E-state index contributed by atoms with van der Waals surface area (Å²) in [5.41, 5.74) is 1.74. The molecule has 2 aromatic heterocycles. The second-order valence-corrected chi connectivity index (χ2v) is 5.98. The minimum Gasteiger partial charge on any atom is -0.365 e. The van der Waals surface area contributed by atoms with E-state index in [0.29, 0.717) is 28.1 Å². The summed E-state index contributed by atoms with van der Waals surface area (Å²) in [6, 6.07) is 8.59. The minimum atomic E-state index is -0.397. The molecule has 0 aliphatic heterocycles. The number of pyridine rings is 1. The SMILES string of the molecule is O=C(Nc1cc(Cl)cc(Cl)c1)c1cnc(NCc2ccncc2)cn1. The van der Waals surface area contributed by atoms with Crippen LogP contribution in [0.15, 0.2) is 55.1 Å². The highest BCUT2D eigenvalue weighted by Gasteiger charge is 2.09. The monoisotopic (exact) mass is 373 g/mol. The highest BCUT2D eigenvalue weighted by atomic mass is 35.5. The van der Waals surface area contributed by atoms with Gasteiger partial charge in [0.2, 0.25) is 0 Å². The van der Waals surface area contributed by atoms with E-state index >= 15 is 0 Å². The number of aromatic nitrogens is 3. The van der Waals surface area contributed by atoms with E-state index in [9.17, 15) is 4.79 Å². The summed E-state index contributed by atoms with van der Waals surface area (Å²) in [6.07, 6.45) is 6.34. The quantitative estimate of drug-likeness (QED) is 0.705. The Bertz CT molecular complexity index is 852. The first-order chi connectivity index (χ1) is 12.1. The van der Waals surface area contributed by atoms with E-state index in [0.717, 1.165) is 5.56 Å². The topological polar surface area (TPSA) is 79.8 Å². The van der Waals surface area contributed by atoms with Gasteiger partial charge in [0.1, 0.15) is 11.5 Å². The molecular formula is C17H13Cl2N5O. The highest BCUT2D eigenvalue weighted by Crippen LogP contribution is 2.22. The molecule has 6 nitrogen and oxygen atoms in total. The van der Waals surface area contributed by atoms with Crippen molar-refractivity contribution in [2.24, 2.45) is 0 Å². The Balaban J connectivity index is 1.62. The smallest absolute Gasteiger partial charge is 0.275 e. The second-order valence-electron chi connectivity index (χ2n) is 5.11. The molecule has 0 aliphatic carbocycles. The Hall–Kier alpha value is -2.70. The van der Waals surface area contributed by atoms with Crippen LogP contribution in [0.4, 0.5) is 11.5 Å². The molecule has 25 heavy (non-hydrogen) atoms. The third-order valence-electron chi connectivity index (χ3n) is 3.23. The van der Waals surface area contributed by atoms with Crippen molar-refractivity contribution < 1.29 is 4.79 Å². The van der Waals surface area contributed by atoms with Crippen LogP contribution in [0.2, 0.25) is 10.0 Å². The first kappa shape index (κ1) is 17.1. The van der Waals surface area contributed by atoms with E-state index in [4.69, 9.17) is 23.2 Å².